The second-order valence-corrected chi connectivity index (χ2v) is 3.64. The van der Waals surface area contributed by atoms with Crippen molar-refractivity contribution in [2.75, 3.05) is 19.6 Å². The molecule has 0 saturated carbocycles. The third-order valence-corrected chi connectivity index (χ3v) is 2.39. The molecule has 0 aliphatic heterocycles. The molecule has 0 aromatic carbocycles. The van der Waals surface area contributed by atoms with Gasteiger partial charge in [-0.2, -0.15) is 0 Å². The first kappa shape index (κ1) is 13.4. The maximum atomic E-state index is 10.3. The highest BCUT2D eigenvalue weighted by Crippen LogP contribution is 2.00. The van der Waals surface area contributed by atoms with E-state index in [4.69, 9.17) is 5.11 Å². The molecule has 0 bridgehead atoms. The summed E-state index contributed by atoms with van der Waals surface area (Å²) >= 11 is 0. The molecule has 0 radical (unpaired) electrons. The lowest BCUT2D eigenvalue weighted by molar-refractivity contribution is -0.137. The van der Waals surface area contributed by atoms with Crippen molar-refractivity contribution in [2.24, 2.45) is 0 Å². The standard InChI is InChI=1S/C11H23NO2/c1-3-5-6-9-12(4-2)10-7-8-11(13)14/h3-10H2,1-2H3,(H,13,14). The Bertz CT molecular complexity index is 148. The van der Waals surface area contributed by atoms with Crippen molar-refractivity contribution in [1.29, 1.82) is 0 Å². The monoisotopic (exact) mass is 201 g/mol. The van der Waals surface area contributed by atoms with Gasteiger partial charge in [0.25, 0.3) is 0 Å². The van der Waals surface area contributed by atoms with E-state index in [-0.39, 0.29) is 0 Å². The van der Waals surface area contributed by atoms with Crippen LogP contribution < -0.4 is 0 Å². The average Bonchev–Trinajstić information content (AvgIpc) is 2.15. The molecule has 0 aromatic heterocycles. The largest absolute Gasteiger partial charge is 0.481 e. The smallest absolute Gasteiger partial charge is 0.303 e. The zero-order valence-corrected chi connectivity index (χ0v) is 9.46. The molecule has 14 heavy (non-hydrogen) atoms. The number of hydrogen-bond donors (Lipinski definition) is 1. The van der Waals surface area contributed by atoms with Crippen LogP contribution in [0.15, 0.2) is 0 Å². The van der Waals surface area contributed by atoms with Gasteiger partial charge >= 0.3 is 5.97 Å². The Balaban J connectivity index is 3.42. The highest BCUT2D eigenvalue weighted by atomic mass is 16.4. The quantitative estimate of drug-likeness (QED) is 0.582. The number of carboxylic acid groups (broad SMARTS) is 1. The first-order valence-electron chi connectivity index (χ1n) is 5.64. The first-order valence-corrected chi connectivity index (χ1v) is 5.64. The molecule has 3 heteroatoms. The Labute approximate surface area is 87.1 Å². The fourth-order valence-corrected chi connectivity index (χ4v) is 1.47. The molecular weight excluding hydrogens is 178 g/mol. The van der Waals surface area contributed by atoms with Crippen molar-refractivity contribution >= 4 is 5.97 Å². The van der Waals surface area contributed by atoms with Crippen molar-refractivity contribution in [1.82, 2.24) is 4.90 Å². The minimum atomic E-state index is -0.686. The van der Waals surface area contributed by atoms with Crippen molar-refractivity contribution in [3.8, 4) is 0 Å². The van der Waals surface area contributed by atoms with Gasteiger partial charge in [-0.05, 0) is 32.5 Å². The van der Waals surface area contributed by atoms with E-state index in [0.717, 1.165) is 26.1 Å². The Morgan fingerprint density at radius 1 is 1.14 bits per heavy atom. The molecule has 0 fully saturated rings. The summed E-state index contributed by atoms with van der Waals surface area (Å²) in [6, 6.07) is 0. The molecule has 0 amide bonds. The summed E-state index contributed by atoms with van der Waals surface area (Å²) in [5.41, 5.74) is 0. The molecule has 1 N–H and O–H groups in total. The summed E-state index contributed by atoms with van der Waals surface area (Å²) in [5, 5.41) is 8.49. The lowest BCUT2D eigenvalue weighted by Gasteiger charge is -2.19. The molecule has 3 nitrogen and oxygen atoms in total. The van der Waals surface area contributed by atoms with E-state index in [0.29, 0.717) is 6.42 Å². The van der Waals surface area contributed by atoms with Gasteiger partial charge in [-0.25, -0.2) is 0 Å². The molecule has 0 unspecified atom stereocenters. The van der Waals surface area contributed by atoms with E-state index in [1.807, 2.05) is 0 Å². The molecule has 0 saturated heterocycles. The van der Waals surface area contributed by atoms with Crippen LogP contribution in [0.4, 0.5) is 0 Å². The Morgan fingerprint density at radius 3 is 2.29 bits per heavy atom. The van der Waals surface area contributed by atoms with E-state index in [9.17, 15) is 4.79 Å². The number of aliphatic carboxylic acids is 1. The zero-order chi connectivity index (χ0) is 10.8. The third kappa shape index (κ3) is 8.05. The summed E-state index contributed by atoms with van der Waals surface area (Å²) < 4.78 is 0. The fourth-order valence-electron chi connectivity index (χ4n) is 1.47. The normalized spacial score (nSPS) is 10.8. The predicted octanol–water partition coefficient (Wildman–Crippen LogP) is 2.36. The van der Waals surface area contributed by atoms with Crippen LogP contribution in [-0.2, 0) is 4.79 Å². The molecule has 0 aromatic rings. The lowest BCUT2D eigenvalue weighted by atomic mass is 10.2. The number of nitrogens with zero attached hydrogens (tertiary/aromatic N) is 1. The number of carboxylic acids is 1. The van der Waals surface area contributed by atoms with Gasteiger partial charge in [-0.15, -0.1) is 0 Å². The van der Waals surface area contributed by atoms with Crippen LogP contribution in [0.2, 0.25) is 0 Å². The van der Waals surface area contributed by atoms with E-state index in [2.05, 4.69) is 18.7 Å². The minimum absolute atomic E-state index is 0.296. The summed E-state index contributed by atoms with van der Waals surface area (Å²) in [6.07, 6.45) is 4.82. The predicted molar refractivity (Wildman–Crippen MR) is 58.5 cm³/mol. The molecular formula is C11H23NO2. The van der Waals surface area contributed by atoms with Gasteiger partial charge in [-0.3, -0.25) is 4.79 Å². The lowest BCUT2D eigenvalue weighted by Crippen LogP contribution is -2.26. The molecule has 0 aliphatic carbocycles. The van der Waals surface area contributed by atoms with Gasteiger partial charge in [0.2, 0.25) is 0 Å². The fraction of sp³-hybridized carbons (Fsp3) is 0.909. The number of rotatable bonds is 9. The van der Waals surface area contributed by atoms with E-state index < -0.39 is 5.97 Å². The average molecular weight is 201 g/mol. The number of hydrogen-bond acceptors (Lipinski definition) is 2. The second-order valence-electron chi connectivity index (χ2n) is 3.64. The molecule has 0 aliphatic rings. The Kier molecular flexibility index (Phi) is 8.64. The summed E-state index contributed by atoms with van der Waals surface area (Å²) in [7, 11) is 0. The molecule has 0 spiro atoms. The van der Waals surface area contributed by atoms with Crippen molar-refractivity contribution in [3.63, 3.8) is 0 Å². The van der Waals surface area contributed by atoms with Crippen molar-refractivity contribution in [2.45, 2.75) is 46.0 Å². The van der Waals surface area contributed by atoms with Crippen LogP contribution in [0.5, 0.6) is 0 Å². The van der Waals surface area contributed by atoms with Crippen LogP contribution in [0, 0.1) is 0 Å². The van der Waals surface area contributed by atoms with E-state index in [1.165, 1.54) is 19.3 Å². The minimum Gasteiger partial charge on any atom is -0.481 e. The van der Waals surface area contributed by atoms with Crippen LogP contribution in [0.25, 0.3) is 0 Å². The maximum Gasteiger partial charge on any atom is 0.303 e. The summed E-state index contributed by atoms with van der Waals surface area (Å²) in [6.45, 7) is 7.40. The van der Waals surface area contributed by atoms with Gasteiger partial charge in [0.1, 0.15) is 0 Å². The zero-order valence-electron chi connectivity index (χ0n) is 9.46. The van der Waals surface area contributed by atoms with Crippen LogP contribution in [0.1, 0.15) is 46.0 Å². The highest BCUT2D eigenvalue weighted by molar-refractivity contribution is 5.66. The van der Waals surface area contributed by atoms with Crippen molar-refractivity contribution < 1.29 is 9.90 Å². The van der Waals surface area contributed by atoms with E-state index in [1.54, 1.807) is 0 Å². The number of carbonyl (C=O) groups is 1. The molecule has 84 valence electrons. The third-order valence-electron chi connectivity index (χ3n) is 2.39. The maximum absolute atomic E-state index is 10.3. The Morgan fingerprint density at radius 2 is 1.79 bits per heavy atom. The van der Waals surface area contributed by atoms with Gasteiger partial charge in [0, 0.05) is 6.42 Å². The van der Waals surface area contributed by atoms with Crippen LogP contribution in [0.3, 0.4) is 0 Å². The molecule has 0 heterocycles. The molecule has 0 rings (SSSR count). The SMILES string of the molecule is CCCCCN(CC)CCCC(=O)O. The summed E-state index contributed by atoms with van der Waals surface area (Å²) in [5.74, 6) is -0.686. The van der Waals surface area contributed by atoms with Gasteiger partial charge in [-0.1, -0.05) is 26.7 Å². The molecule has 0 atom stereocenters. The second kappa shape index (κ2) is 9.00. The van der Waals surface area contributed by atoms with Crippen LogP contribution >= 0.6 is 0 Å². The van der Waals surface area contributed by atoms with Gasteiger partial charge in [0.15, 0.2) is 0 Å². The van der Waals surface area contributed by atoms with Gasteiger partial charge in [0.05, 0.1) is 0 Å². The summed E-state index contributed by atoms with van der Waals surface area (Å²) in [4.78, 5) is 12.6. The highest BCUT2D eigenvalue weighted by Gasteiger charge is 2.03. The Hall–Kier alpha value is -0.570. The van der Waals surface area contributed by atoms with Crippen LogP contribution in [-0.4, -0.2) is 35.6 Å². The van der Waals surface area contributed by atoms with Gasteiger partial charge < -0.3 is 10.0 Å². The first-order chi connectivity index (χ1) is 6.70. The van der Waals surface area contributed by atoms with Crippen molar-refractivity contribution in [3.05, 3.63) is 0 Å². The van der Waals surface area contributed by atoms with E-state index >= 15 is 0 Å². The topological polar surface area (TPSA) is 40.5 Å². The number of unbranched alkanes of at least 4 members (excludes halogenated alkanes) is 2.